The van der Waals surface area contributed by atoms with Crippen molar-refractivity contribution in [1.82, 2.24) is 19.7 Å². The number of fused-ring (bicyclic) bond motifs is 1. The first-order valence-corrected chi connectivity index (χ1v) is 10.4. The SMILES string of the molecule is Cc1cccc(-n2ncc3c(OCC4CC4)cc(-c4cccc(C(C)N)n4)cc32)n1. The molecule has 1 unspecified atom stereocenters. The number of aromatic nitrogens is 4. The molecule has 1 saturated carbocycles. The number of hydrogen-bond donors (Lipinski definition) is 1. The molecule has 0 aliphatic heterocycles. The molecular weight excluding hydrogens is 374 g/mol. The van der Waals surface area contributed by atoms with Crippen LogP contribution in [0, 0.1) is 12.8 Å². The van der Waals surface area contributed by atoms with Gasteiger partial charge in [-0.2, -0.15) is 5.10 Å². The fourth-order valence-corrected chi connectivity index (χ4v) is 3.55. The Morgan fingerprint density at radius 2 is 1.97 bits per heavy atom. The summed E-state index contributed by atoms with van der Waals surface area (Å²) in [7, 11) is 0. The highest BCUT2D eigenvalue weighted by atomic mass is 16.5. The number of nitrogens with two attached hydrogens (primary N) is 1. The molecule has 1 fully saturated rings. The smallest absolute Gasteiger partial charge is 0.154 e. The monoisotopic (exact) mass is 399 g/mol. The van der Waals surface area contributed by atoms with Gasteiger partial charge in [0.25, 0.3) is 0 Å². The van der Waals surface area contributed by atoms with Crippen LogP contribution in [-0.4, -0.2) is 26.4 Å². The molecule has 3 heterocycles. The van der Waals surface area contributed by atoms with Gasteiger partial charge >= 0.3 is 0 Å². The molecule has 0 spiro atoms. The predicted octanol–water partition coefficient (Wildman–Crippen LogP) is 4.60. The van der Waals surface area contributed by atoms with Crippen molar-refractivity contribution in [2.75, 3.05) is 6.61 Å². The number of hydrogen-bond acceptors (Lipinski definition) is 5. The molecule has 152 valence electrons. The Balaban J connectivity index is 1.66. The highest BCUT2D eigenvalue weighted by molar-refractivity contribution is 5.90. The van der Waals surface area contributed by atoms with Gasteiger partial charge in [-0.05, 0) is 69.0 Å². The maximum Gasteiger partial charge on any atom is 0.154 e. The number of ether oxygens (including phenoxy) is 1. The van der Waals surface area contributed by atoms with E-state index in [2.05, 4.69) is 22.2 Å². The summed E-state index contributed by atoms with van der Waals surface area (Å²) in [6.45, 7) is 4.66. The van der Waals surface area contributed by atoms with Crippen LogP contribution in [0.15, 0.2) is 54.7 Å². The van der Waals surface area contributed by atoms with Crippen molar-refractivity contribution in [3.8, 4) is 22.8 Å². The highest BCUT2D eigenvalue weighted by Gasteiger charge is 2.23. The molecule has 1 atom stereocenters. The lowest BCUT2D eigenvalue weighted by Crippen LogP contribution is -2.07. The number of rotatable bonds is 6. The molecule has 6 heteroatoms. The number of benzene rings is 1. The molecule has 4 aromatic rings. The van der Waals surface area contributed by atoms with Crippen LogP contribution in [0.4, 0.5) is 0 Å². The van der Waals surface area contributed by atoms with E-state index in [1.165, 1.54) is 12.8 Å². The van der Waals surface area contributed by atoms with Gasteiger partial charge < -0.3 is 10.5 Å². The number of nitrogens with zero attached hydrogens (tertiary/aromatic N) is 4. The first kappa shape index (κ1) is 18.8. The fraction of sp³-hybridized carbons (Fsp3) is 0.292. The van der Waals surface area contributed by atoms with Gasteiger partial charge in [0.1, 0.15) is 5.75 Å². The Labute approximate surface area is 175 Å². The summed E-state index contributed by atoms with van der Waals surface area (Å²) in [6, 6.07) is 15.9. The minimum absolute atomic E-state index is 0.124. The van der Waals surface area contributed by atoms with Crippen LogP contribution in [0.3, 0.4) is 0 Å². The highest BCUT2D eigenvalue weighted by Crippen LogP contribution is 2.35. The zero-order valence-corrected chi connectivity index (χ0v) is 17.2. The van der Waals surface area contributed by atoms with Gasteiger partial charge in [0.15, 0.2) is 5.82 Å². The van der Waals surface area contributed by atoms with Crippen LogP contribution in [0.5, 0.6) is 5.75 Å². The summed E-state index contributed by atoms with van der Waals surface area (Å²) < 4.78 is 8.10. The molecule has 0 radical (unpaired) electrons. The standard InChI is InChI=1S/C24H25N5O/c1-15-5-3-8-24(27-15)29-22-11-18(21-7-4-6-20(28-21)16(2)25)12-23(19(22)13-26-29)30-14-17-9-10-17/h3-8,11-13,16-17H,9-10,14,25H2,1-2H3. The normalized spacial score (nSPS) is 14.8. The third-order valence-electron chi connectivity index (χ3n) is 5.45. The van der Waals surface area contributed by atoms with Gasteiger partial charge in [0.05, 0.1) is 35.1 Å². The van der Waals surface area contributed by atoms with Crippen molar-refractivity contribution < 1.29 is 4.74 Å². The minimum atomic E-state index is -0.124. The van der Waals surface area contributed by atoms with Crippen molar-refractivity contribution in [2.45, 2.75) is 32.7 Å². The van der Waals surface area contributed by atoms with Gasteiger partial charge in [-0.25, -0.2) is 9.67 Å². The molecule has 6 nitrogen and oxygen atoms in total. The Kier molecular flexibility index (Phi) is 4.71. The average Bonchev–Trinajstić information content (AvgIpc) is 3.48. The molecule has 5 rings (SSSR count). The number of aryl methyl sites for hydroxylation is 1. The van der Waals surface area contributed by atoms with Crippen molar-refractivity contribution in [3.63, 3.8) is 0 Å². The van der Waals surface area contributed by atoms with E-state index in [1.54, 1.807) is 0 Å². The van der Waals surface area contributed by atoms with E-state index in [-0.39, 0.29) is 6.04 Å². The first-order chi connectivity index (χ1) is 14.6. The second kappa shape index (κ2) is 7.54. The van der Waals surface area contributed by atoms with Gasteiger partial charge in [0.2, 0.25) is 0 Å². The van der Waals surface area contributed by atoms with Gasteiger partial charge in [0, 0.05) is 17.3 Å². The minimum Gasteiger partial charge on any atom is -0.493 e. The van der Waals surface area contributed by atoms with Gasteiger partial charge in [-0.15, -0.1) is 0 Å². The fourth-order valence-electron chi connectivity index (χ4n) is 3.55. The van der Waals surface area contributed by atoms with Crippen LogP contribution >= 0.6 is 0 Å². The van der Waals surface area contributed by atoms with Crippen LogP contribution in [0.25, 0.3) is 28.0 Å². The van der Waals surface area contributed by atoms with E-state index < -0.39 is 0 Å². The summed E-state index contributed by atoms with van der Waals surface area (Å²) in [4.78, 5) is 9.42. The lowest BCUT2D eigenvalue weighted by molar-refractivity contribution is 0.303. The molecule has 0 saturated heterocycles. The molecule has 0 amide bonds. The number of pyridine rings is 2. The summed E-state index contributed by atoms with van der Waals surface area (Å²) >= 11 is 0. The van der Waals surface area contributed by atoms with E-state index in [0.29, 0.717) is 5.92 Å². The van der Waals surface area contributed by atoms with Gasteiger partial charge in [-0.3, -0.25) is 4.98 Å². The van der Waals surface area contributed by atoms with E-state index in [4.69, 9.17) is 15.5 Å². The average molecular weight is 399 g/mol. The lowest BCUT2D eigenvalue weighted by atomic mass is 10.1. The van der Waals surface area contributed by atoms with E-state index in [1.807, 2.05) is 61.1 Å². The Bertz CT molecular complexity index is 1210. The lowest BCUT2D eigenvalue weighted by Gasteiger charge is -2.12. The van der Waals surface area contributed by atoms with Gasteiger partial charge in [-0.1, -0.05) is 12.1 Å². The third-order valence-corrected chi connectivity index (χ3v) is 5.45. The van der Waals surface area contributed by atoms with Crippen molar-refractivity contribution in [2.24, 2.45) is 11.7 Å². The van der Waals surface area contributed by atoms with Crippen molar-refractivity contribution >= 4 is 10.9 Å². The predicted molar refractivity (Wildman–Crippen MR) is 118 cm³/mol. The van der Waals surface area contributed by atoms with Crippen LogP contribution in [0.2, 0.25) is 0 Å². The topological polar surface area (TPSA) is 78.9 Å². The second-order valence-electron chi connectivity index (χ2n) is 8.09. The Morgan fingerprint density at radius 1 is 1.13 bits per heavy atom. The zero-order chi connectivity index (χ0) is 20.7. The quantitative estimate of drug-likeness (QED) is 0.513. The van der Waals surface area contributed by atoms with E-state index in [9.17, 15) is 0 Å². The van der Waals surface area contributed by atoms with E-state index in [0.717, 1.165) is 51.7 Å². The summed E-state index contributed by atoms with van der Waals surface area (Å²) in [6.07, 6.45) is 4.35. The Hall–Kier alpha value is -3.25. The van der Waals surface area contributed by atoms with E-state index >= 15 is 0 Å². The molecule has 2 N–H and O–H groups in total. The Morgan fingerprint density at radius 3 is 2.73 bits per heavy atom. The maximum absolute atomic E-state index is 6.23. The summed E-state index contributed by atoms with van der Waals surface area (Å²) in [5, 5.41) is 5.60. The first-order valence-electron chi connectivity index (χ1n) is 10.4. The molecular formula is C24H25N5O. The zero-order valence-electron chi connectivity index (χ0n) is 17.2. The molecule has 30 heavy (non-hydrogen) atoms. The molecule has 0 bridgehead atoms. The summed E-state index contributed by atoms with van der Waals surface area (Å²) in [5.74, 6) is 2.28. The van der Waals surface area contributed by atoms with Crippen LogP contribution < -0.4 is 10.5 Å². The molecule has 1 aliphatic rings. The second-order valence-corrected chi connectivity index (χ2v) is 8.09. The summed E-state index contributed by atoms with van der Waals surface area (Å²) in [5.41, 5.74) is 10.7. The molecule has 1 aliphatic carbocycles. The molecule has 1 aromatic carbocycles. The maximum atomic E-state index is 6.23. The van der Waals surface area contributed by atoms with Crippen molar-refractivity contribution in [1.29, 1.82) is 0 Å². The third kappa shape index (κ3) is 3.66. The van der Waals surface area contributed by atoms with Crippen molar-refractivity contribution in [3.05, 3.63) is 66.1 Å². The van der Waals surface area contributed by atoms with Crippen LogP contribution in [0.1, 0.15) is 37.2 Å². The van der Waals surface area contributed by atoms with Crippen LogP contribution in [-0.2, 0) is 0 Å². The largest absolute Gasteiger partial charge is 0.493 e. The molecule has 3 aromatic heterocycles.